The van der Waals surface area contributed by atoms with Crippen molar-refractivity contribution in [2.45, 2.75) is 6.92 Å². The van der Waals surface area contributed by atoms with Crippen molar-refractivity contribution in [1.82, 2.24) is 4.98 Å². The smallest absolute Gasteiger partial charge is 0.117 e. The number of pyridine rings is 1. The van der Waals surface area contributed by atoms with Gasteiger partial charge < -0.3 is 5.11 Å². The van der Waals surface area contributed by atoms with Crippen molar-refractivity contribution >= 4 is 28.6 Å². The van der Waals surface area contributed by atoms with Crippen LogP contribution in [-0.2, 0) is 0 Å². The Kier molecular flexibility index (Phi) is 3.75. The second kappa shape index (κ2) is 5.86. The van der Waals surface area contributed by atoms with Crippen LogP contribution >= 0.6 is 0 Å². The van der Waals surface area contributed by atoms with Gasteiger partial charge in [-0.2, -0.15) is 0 Å². The number of rotatable bonds is 3. The van der Waals surface area contributed by atoms with Gasteiger partial charge in [0.05, 0.1) is 11.2 Å². The molecule has 2 aromatic carbocycles. The summed E-state index contributed by atoms with van der Waals surface area (Å²) in [5.41, 5.74) is 4.95. The quantitative estimate of drug-likeness (QED) is 0.723. The fourth-order valence-electron chi connectivity index (χ4n) is 2.30. The molecular weight excluding hydrogens is 270 g/mol. The Morgan fingerprint density at radius 1 is 1.05 bits per heavy atom. The normalized spacial score (nSPS) is 11.1. The Hall–Kier alpha value is -2.87. The number of phenols is 1. The van der Waals surface area contributed by atoms with Crippen LogP contribution in [0.3, 0.4) is 0 Å². The molecule has 0 saturated heterocycles. The molecule has 0 spiro atoms. The van der Waals surface area contributed by atoms with Crippen molar-refractivity contribution in [3.05, 3.63) is 78.0 Å². The molecular formula is C20H17NO. The van der Waals surface area contributed by atoms with Gasteiger partial charge in [0, 0.05) is 11.5 Å². The molecule has 0 saturated carbocycles. The molecule has 1 N–H and O–H groups in total. The monoisotopic (exact) mass is 287 g/mol. The average molecular weight is 287 g/mol. The van der Waals surface area contributed by atoms with Crippen LogP contribution in [-0.4, -0.2) is 10.1 Å². The maximum Gasteiger partial charge on any atom is 0.117 e. The number of aromatic hydroxyl groups is 1. The SMILES string of the molecule is C=C(C)c1cccc(/C=C/c2ccc3ccc(O)cc3n2)c1. The molecule has 0 amide bonds. The summed E-state index contributed by atoms with van der Waals surface area (Å²) in [7, 11) is 0. The molecule has 3 rings (SSSR count). The van der Waals surface area contributed by atoms with Crippen LogP contribution in [0.25, 0.3) is 28.6 Å². The van der Waals surface area contributed by atoms with Gasteiger partial charge in [0.2, 0.25) is 0 Å². The number of phenolic OH excluding ortho intramolecular Hbond substituents is 1. The van der Waals surface area contributed by atoms with E-state index in [2.05, 4.69) is 29.8 Å². The van der Waals surface area contributed by atoms with Crippen LogP contribution in [0.5, 0.6) is 5.75 Å². The summed E-state index contributed by atoms with van der Waals surface area (Å²) in [4.78, 5) is 4.54. The van der Waals surface area contributed by atoms with Gasteiger partial charge in [-0.15, -0.1) is 0 Å². The highest BCUT2D eigenvalue weighted by molar-refractivity contribution is 5.82. The summed E-state index contributed by atoms with van der Waals surface area (Å²) >= 11 is 0. The summed E-state index contributed by atoms with van der Waals surface area (Å²) < 4.78 is 0. The summed E-state index contributed by atoms with van der Waals surface area (Å²) in [6.07, 6.45) is 4.00. The Bertz CT molecular complexity index is 878. The lowest BCUT2D eigenvalue weighted by Gasteiger charge is -2.02. The Balaban J connectivity index is 1.92. The fourth-order valence-corrected chi connectivity index (χ4v) is 2.30. The molecule has 22 heavy (non-hydrogen) atoms. The highest BCUT2D eigenvalue weighted by atomic mass is 16.3. The van der Waals surface area contributed by atoms with E-state index in [1.54, 1.807) is 12.1 Å². The van der Waals surface area contributed by atoms with Crippen LogP contribution in [0.15, 0.2) is 61.2 Å². The average Bonchev–Trinajstić information content (AvgIpc) is 2.52. The molecule has 3 aromatic rings. The number of aromatic nitrogens is 1. The van der Waals surface area contributed by atoms with Gasteiger partial charge in [-0.05, 0) is 48.4 Å². The van der Waals surface area contributed by atoms with Crippen molar-refractivity contribution in [2.24, 2.45) is 0 Å². The second-order valence-corrected chi connectivity index (χ2v) is 5.35. The van der Waals surface area contributed by atoms with Crippen LogP contribution in [0.4, 0.5) is 0 Å². The van der Waals surface area contributed by atoms with E-state index in [0.29, 0.717) is 0 Å². The topological polar surface area (TPSA) is 33.1 Å². The lowest BCUT2D eigenvalue weighted by atomic mass is 10.1. The minimum Gasteiger partial charge on any atom is -0.508 e. The minimum absolute atomic E-state index is 0.232. The number of fused-ring (bicyclic) bond motifs is 1. The van der Waals surface area contributed by atoms with Gasteiger partial charge >= 0.3 is 0 Å². The van der Waals surface area contributed by atoms with Crippen molar-refractivity contribution in [1.29, 1.82) is 0 Å². The number of nitrogens with zero attached hydrogens (tertiary/aromatic N) is 1. The summed E-state index contributed by atoms with van der Waals surface area (Å²) in [5, 5.41) is 10.6. The fraction of sp³-hybridized carbons (Fsp3) is 0.0500. The van der Waals surface area contributed by atoms with E-state index >= 15 is 0 Å². The number of benzene rings is 2. The largest absolute Gasteiger partial charge is 0.508 e. The molecule has 0 radical (unpaired) electrons. The van der Waals surface area contributed by atoms with Crippen LogP contribution < -0.4 is 0 Å². The van der Waals surface area contributed by atoms with Gasteiger partial charge in [-0.1, -0.05) is 42.5 Å². The Morgan fingerprint density at radius 3 is 2.68 bits per heavy atom. The van der Waals surface area contributed by atoms with Gasteiger partial charge in [0.15, 0.2) is 0 Å². The van der Waals surface area contributed by atoms with E-state index in [-0.39, 0.29) is 5.75 Å². The summed E-state index contributed by atoms with van der Waals surface area (Å²) in [6.45, 7) is 5.97. The first kappa shape index (κ1) is 14.1. The third-order valence-corrected chi connectivity index (χ3v) is 3.52. The molecule has 1 heterocycles. The first-order valence-electron chi connectivity index (χ1n) is 7.16. The van der Waals surface area contributed by atoms with Crippen LogP contribution in [0.2, 0.25) is 0 Å². The number of allylic oxidation sites excluding steroid dienone is 1. The van der Waals surface area contributed by atoms with E-state index in [9.17, 15) is 5.11 Å². The number of hydrogen-bond acceptors (Lipinski definition) is 2. The predicted molar refractivity (Wildman–Crippen MR) is 93.5 cm³/mol. The predicted octanol–water partition coefficient (Wildman–Crippen LogP) is 5.14. The molecule has 2 nitrogen and oxygen atoms in total. The maximum absolute atomic E-state index is 9.55. The van der Waals surface area contributed by atoms with Crippen LogP contribution in [0, 0.1) is 0 Å². The van der Waals surface area contributed by atoms with Crippen molar-refractivity contribution in [3.8, 4) is 5.75 Å². The lowest BCUT2D eigenvalue weighted by molar-refractivity contribution is 0.476. The standard InChI is InChI=1S/C20H17NO/c1-14(2)17-5-3-4-15(12-17)6-9-18-10-7-16-8-11-19(22)13-20(16)21-18/h3-13,22H,1H2,2H3/b9-6+. The highest BCUT2D eigenvalue weighted by Crippen LogP contribution is 2.20. The molecule has 0 bridgehead atoms. The highest BCUT2D eigenvalue weighted by Gasteiger charge is 1.98. The number of hydrogen-bond donors (Lipinski definition) is 1. The molecule has 0 aliphatic heterocycles. The van der Waals surface area contributed by atoms with Gasteiger partial charge in [-0.3, -0.25) is 0 Å². The Morgan fingerprint density at radius 2 is 1.86 bits per heavy atom. The third kappa shape index (κ3) is 3.07. The molecule has 0 aliphatic carbocycles. The van der Waals surface area contributed by atoms with E-state index in [0.717, 1.165) is 33.3 Å². The molecule has 0 fully saturated rings. The Labute approximate surface area is 130 Å². The zero-order chi connectivity index (χ0) is 15.5. The van der Waals surface area contributed by atoms with Crippen molar-refractivity contribution < 1.29 is 5.11 Å². The van der Waals surface area contributed by atoms with E-state index in [4.69, 9.17) is 0 Å². The van der Waals surface area contributed by atoms with Crippen molar-refractivity contribution in [3.63, 3.8) is 0 Å². The van der Waals surface area contributed by atoms with E-state index in [1.807, 2.05) is 43.3 Å². The molecule has 0 unspecified atom stereocenters. The lowest BCUT2D eigenvalue weighted by Crippen LogP contribution is -1.83. The van der Waals surface area contributed by atoms with Gasteiger partial charge in [0.1, 0.15) is 5.75 Å². The first-order valence-corrected chi connectivity index (χ1v) is 7.16. The van der Waals surface area contributed by atoms with Gasteiger partial charge in [0.25, 0.3) is 0 Å². The van der Waals surface area contributed by atoms with Crippen LogP contribution in [0.1, 0.15) is 23.7 Å². The summed E-state index contributed by atoms with van der Waals surface area (Å²) in [6, 6.07) is 17.4. The van der Waals surface area contributed by atoms with E-state index < -0.39 is 0 Å². The zero-order valence-corrected chi connectivity index (χ0v) is 12.5. The molecule has 1 aromatic heterocycles. The zero-order valence-electron chi connectivity index (χ0n) is 12.5. The molecule has 0 atom stereocenters. The molecule has 2 heteroatoms. The maximum atomic E-state index is 9.55. The molecule has 0 aliphatic rings. The summed E-state index contributed by atoms with van der Waals surface area (Å²) in [5.74, 6) is 0.232. The minimum atomic E-state index is 0.232. The third-order valence-electron chi connectivity index (χ3n) is 3.52. The second-order valence-electron chi connectivity index (χ2n) is 5.35. The molecule has 108 valence electrons. The first-order chi connectivity index (χ1) is 10.6. The van der Waals surface area contributed by atoms with E-state index in [1.165, 1.54) is 0 Å². The van der Waals surface area contributed by atoms with Crippen molar-refractivity contribution in [2.75, 3.05) is 0 Å². The van der Waals surface area contributed by atoms with Gasteiger partial charge in [-0.25, -0.2) is 4.98 Å².